The van der Waals surface area contributed by atoms with E-state index in [4.69, 9.17) is 23.2 Å². The zero-order chi connectivity index (χ0) is 10.7. The van der Waals surface area contributed by atoms with Crippen molar-refractivity contribution in [1.82, 2.24) is 9.13 Å². The van der Waals surface area contributed by atoms with Gasteiger partial charge in [-0.2, -0.15) is 0 Å². The highest BCUT2D eigenvalue weighted by molar-refractivity contribution is 6.36. The molecule has 1 aromatic rings. The Bertz CT molecular complexity index is 390. The number of hydrogen-bond acceptors (Lipinski definition) is 1. The second kappa shape index (κ2) is 4.71. The van der Waals surface area contributed by atoms with Crippen LogP contribution >= 0.6 is 23.2 Å². The molecule has 0 aliphatic carbocycles. The molecule has 3 nitrogen and oxygen atoms in total. The van der Waals surface area contributed by atoms with Crippen LogP contribution in [0.4, 0.5) is 0 Å². The van der Waals surface area contributed by atoms with Crippen LogP contribution in [-0.4, -0.2) is 9.13 Å². The first kappa shape index (κ1) is 11.4. The van der Waals surface area contributed by atoms with E-state index >= 15 is 0 Å². The van der Waals surface area contributed by atoms with Crippen molar-refractivity contribution in [1.29, 1.82) is 0 Å². The molecule has 5 heteroatoms. The van der Waals surface area contributed by atoms with Crippen LogP contribution in [0.2, 0.25) is 0 Å². The van der Waals surface area contributed by atoms with Crippen molar-refractivity contribution >= 4 is 23.2 Å². The summed E-state index contributed by atoms with van der Waals surface area (Å²) < 4.78 is 3.15. The molecular formula is C9H12Cl2N2O. The predicted octanol–water partition coefficient (Wildman–Crippen LogP) is 2.55. The Kier molecular flexibility index (Phi) is 3.84. The maximum absolute atomic E-state index is 11.7. The van der Waals surface area contributed by atoms with Gasteiger partial charge in [-0.1, -0.05) is 23.2 Å². The normalized spacial score (nSPS) is 12.5. The van der Waals surface area contributed by atoms with Gasteiger partial charge in [-0.3, -0.25) is 9.13 Å². The molecule has 0 saturated heterocycles. The molecular weight excluding hydrogens is 223 g/mol. The summed E-state index contributed by atoms with van der Waals surface area (Å²) in [6.07, 6.45) is 3.44. The van der Waals surface area contributed by atoms with Crippen LogP contribution < -0.4 is 5.69 Å². The third kappa shape index (κ3) is 2.42. The van der Waals surface area contributed by atoms with Gasteiger partial charge in [0.05, 0.1) is 6.54 Å². The quantitative estimate of drug-likeness (QED) is 0.790. The van der Waals surface area contributed by atoms with Crippen molar-refractivity contribution in [2.24, 2.45) is 0 Å². The smallest absolute Gasteiger partial charge is 0.297 e. The number of nitrogens with zero attached hydrogens (tertiary/aromatic N) is 2. The largest absolute Gasteiger partial charge is 0.328 e. The molecule has 1 heterocycles. The van der Waals surface area contributed by atoms with Gasteiger partial charge in [0.1, 0.15) is 0 Å². The summed E-state index contributed by atoms with van der Waals surface area (Å²) in [6.45, 7) is 4.22. The van der Waals surface area contributed by atoms with E-state index in [1.165, 1.54) is 10.1 Å². The van der Waals surface area contributed by atoms with E-state index in [9.17, 15) is 4.79 Å². The van der Waals surface area contributed by atoms with Crippen LogP contribution in [0.5, 0.6) is 0 Å². The molecule has 0 bridgehead atoms. The Morgan fingerprint density at radius 3 is 2.64 bits per heavy atom. The summed E-state index contributed by atoms with van der Waals surface area (Å²) in [6, 6.07) is 0.155. The lowest BCUT2D eigenvalue weighted by Gasteiger charge is -2.04. The van der Waals surface area contributed by atoms with Crippen LogP contribution in [-0.2, 0) is 6.54 Å². The summed E-state index contributed by atoms with van der Waals surface area (Å²) in [7, 11) is 0. The average Bonchev–Trinajstić information content (AvgIpc) is 2.48. The highest BCUT2D eigenvalue weighted by atomic mass is 35.5. The van der Waals surface area contributed by atoms with Crippen LogP contribution in [0, 0.1) is 0 Å². The predicted molar refractivity (Wildman–Crippen MR) is 58.9 cm³/mol. The third-order valence-electron chi connectivity index (χ3n) is 1.87. The SMILES string of the molecule is CC(C)n1ccn(C/C(Cl)=C/Cl)c1=O. The number of rotatable bonds is 3. The van der Waals surface area contributed by atoms with Gasteiger partial charge in [0.15, 0.2) is 0 Å². The van der Waals surface area contributed by atoms with E-state index in [0.29, 0.717) is 11.6 Å². The molecule has 78 valence electrons. The summed E-state index contributed by atoms with van der Waals surface area (Å²) in [5, 5.41) is 0.440. The van der Waals surface area contributed by atoms with E-state index in [0.717, 1.165) is 0 Å². The maximum atomic E-state index is 11.7. The van der Waals surface area contributed by atoms with Crippen LogP contribution in [0.25, 0.3) is 0 Å². The van der Waals surface area contributed by atoms with Gasteiger partial charge in [-0.05, 0) is 13.8 Å². The van der Waals surface area contributed by atoms with Gasteiger partial charge in [0, 0.05) is 29.0 Å². The van der Waals surface area contributed by atoms with Crippen molar-refractivity contribution < 1.29 is 0 Å². The molecule has 0 aromatic carbocycles. The topological polar surface area (TPSA) is 26.9 Å². The summed E-state index contributed by atoms with van der Waals surface area (Å²) in [5.41, 5.74) is 1.19. The average molecular weight is 235 g/mol. The van der Waals surface area contributed by atoms with Crippen LogP contribution in [0.1, 0.15) is 19.9 Å². The van der Waals surface area contributed by atoms with Gasteiger partial charge in [0.2, 0.25) is 0 Å². The first-order valence-corrected chi connectivity index (χ1v) is 5.09. The zero-order valence-electron chi connectivity index (χ0n) is 8.08. The first-order valence-electron chi connectivity index (χ1n) is 4.28. The number of hydrogen-bond donors (Lipinski definition) is 0. The fraction of sp³-hybridized carbons (Fsp3) is 0.444. The second-order valence-electron chi connectivity index (χ2n) is 3.27. The van der Waals surface area contributed by atoms with Gasteiger partial charge in [-0.15, -0.1) is 0 Å². The van der Waals surface area contributed by atoms with Crippen molar-refractivity contribution in [2.75, 3.05) is 0 Å². The Labute approximate surface area is 92.5 Å². The highest BCUT2D eigenvalue weighted by Gasteiger charge is 2.06. The lowest BCUT2D eigenvalue weighted by atomic mass is 10.4. The molecule has 1 aromatic heterocycles. The van der Waals surface area contributed by atoms with E-state index in [1.807, 2.05) is 13.8 Å². The lowest BCUT2D eigenvalue weighted by molar-refractivity contribution is 0.562. The zero-order valence-corrected chi connectivity index (χ0v) is 9.59. The van der Waals surface area contributed by atoms with Crippen molar-refractivity contribution in [3.05, 3.63) is 33.4 Å². The minimum Gasteiger partial charge on any atom is -0.297 e. The fourth-order valence-electron chi connectivity index (χ4n) is 1.14. The molecule has 0 spiro atoms. The molecule has 0 aliphatic heterocycles. The van der Waals surface area contributed by atoms with E-state index in [1.54, 1.807) is 17.0 Å². The van der Waals surface area contributed by atoms with Crippen LogP contribution in [0.3, 0.4) is 0 Å². The molecule has 14 heavy (non-hydrogen) atoms. The molecule has 0 fully saturated rings. The molecule has 0 N–H and O–H groups in total. The number of halogens is 2. The molecule has 0 amide bonds. The van der Waals surface area contributed by atoms with E-state index < -0.39 is 0 Å². The summed E-state index contributed by atoms with van der Waals surface area (Å²) in [4.78, 5) is 11.7. The maximum Gasteiger partial charge on any atom is 0.328 e. The third-order valence-corrected chi connectivity index (χ3v) is 2.47. The van der Waals surface area contributed by atoms with Gasteiger partial charge >= 0.3 is 5.69 Å². The van der Waals surface area contributed by atoms with E-state index in [2.05, 4.69) is 0 Å². The minimum atomic E-state index is -0.0725. The van der Waals surface area contributed by atoms with Crippen molar-refractivity contribution in [3.63, 3.8) is 0 Å². The standard InChI is InChI=1S/C9H12Cl2N2O/c1-7(2)13-4-3-12(9(13)14)6-8(11)5-10/h3-5,7H,6H2,1-2H3/b8-5-. The van der Waals surface area contributed by atoms with Gasteiger partial charge in [-0.25, -0.2) is 4.79 Å². The molecule has 0 atom stereocenters. The highest BCUT2D eigenvalue weighted by Crippen LogP contribution is 2.06. The van der Waals surface area contributed by atoms with Crippen LogP contribution in [0.15, 0.2) is 27.8 Å². The Hall–Kier alpha value is -0.670. The number of allylic oxidation sites excluding steroid dienone is 1. The first-order chi connectivity index (χ1) is 6.56. The summed E-state index contributed by atoms with van der Waals surface area (Å²) >= 11 is 11.1. The fourth-order valence-corrected chi connectivity index (χ4v) is 1.34. The van der Waals surface area contributed by atoms with Crippen molar-refractivity contribution in [2.45, 2.75) is 26.4 Å². The second-order valence-corrected chi connectivity index (χ2v) is 3.97. The molecule has 0 radical (unpaired) electrons. The molecule has 1 rings (SSSR count). The molecule has 0 aliphatic rings. The lowest BCUT2D eigenvalue weighted by Crippen LogP contribution is -2.25. The van der Waals surface area contributed by atoms with E-state index in [-0.39, 0.29) is 11.7 Å². The number of imidazole rings is 1. The summed E-state index contributed by atoms with van der Waals surface area (Å²) in [5.74, 6) is 0. The Morgan fingerprint density at radius 1 is 1.57 bits per heavy atom. The molecule has 0 unspecified atom stereocenters. The number of aromatic nitrogens is 2. The van der Waals surface area contributed by atoms with Crippen molar-refractivity contribution in [3.8, 4) is 0 Å². The van der Waals surface area contributed by atoms with Gasteiger partial charge in [0.25, 0.3) is 0 Å². The monoisotopic (exact) mass is 234 g/mol. The van der Waals surface area contributed by atoms with Gasteiger partial charge < -0.3 is 0 Å². The Balaban J connectivity index is 2.96. The molecule has 0 saturated carbocycles. The minimum absolute atomic E-state index is 0.0725. The Morgan fingerprint density at radius 2 is 2.21 bits per heavy atom.